The van der Waals surface area contributed by atoms with Crippen molar-refractivity contribution in [3.05, 3.63) is 41.2 Å². The van der Waals surface area contributed by atoms with E-state index >= 15 is 0 Å². The fourth-order valence-corrected chi connectivity index (χ4v) is 3.04. The molecule has 1 aromatic heterocycles. The third-order valence-corrected chi connectivity index (χ3v) is 4.74. The molecule has 134 valence electrons. The van der Waals surface area contributed by atoms with Crippen LogP contribution in [0.3, 0.4) is 0 Å². The molecule has 1 amide bonds. The zero-order valence-electron chi connectivity index (χ0n) is 14.3. The summed E-state index contributed by atoms with van der Waals surface area (Å²) in [4.78, 5) is 14.4. The molecule has 0 radical (unpaired) electrons. The molecule has 1 aliphatic heterocycles. The van der Waals surface area contributed by atoms with Crippen molar-refractivity contribution in [3.63, 3.8) is 0 Å². The topological polar surface area (TPSA) is 104 Å². The molecule has 0 bridgehead atoms. The molecule has 0 spiro atoms. The average Bonchev–Trinajstić information content (AvgIpc) is 2.91. The molecule has 25 heavy (non-hydrogen) atoms. The quantitative estimate of drug-likeness (QED) is 0.830. The monoisotopic (exact) mass is 345 g/mol. The molecule has 1 atom stereocenters. The second-order valence-electron chi connectivity index (χ2n) is 6.61. The van der Waals surface area contributed by atoms with Crippen molar-refractivity contribution in [2.24, 2.45) is 0 Å². The molecule has 1 aliphatic rings. The van der Waals surface area contributed by atoms with Gasteiger partial charge in [-0.05, 0) is 54.3 Å². The van der Waals surface area contributed by atoms with Gasteiger partial charge >= 0.3 is 0 Å². The van der Waals surface area contributed by atoms with Crippen molar-refractivity contribution in [1.82, 2.24) is 25.1 Å². The van der Waals surface area contributed by atoms with Gasteiger partial charge in [0.15, 0.2) is 0 Å². The number of rotatable bonds is 4. The molecule has 0 aliphatic carbocycles. The number of carbonyl (C=O) groups excluding carboxylic acids is 1. The van der Waals surface area contributed by atoms with Crippen molar-refractivity contribution >= 4 is 5.91 Å². The molecule has 1 aromatic carbocycles. The van der Waals surface area contributed by atoms with Crippen molar-refractivity contribution in [2.45, 2.75) is 38.3 Å². The van der Waals surface area contributed by atoms with Crippen LogP contribution < -0.4 is 0 Å². The minimum atomic E-state index is -1.07. The molecule has 1 saturated heterocycles. The van der Waals surface area contributed by atoms with E-state index in [1.54, 1.807) is 21.7 Å². The minimum absolute atomic E-state index is 0.0488. The van der Waals surface area contributed by atoms with Gasteiger partial charge in [0, 0.05) is 18.7 Å². The summed E-state index contributed by atoms with van der Waals surface area (Å²) in [5, 5.41) is 30.9. The maximum atomic E-state index is 12.7. The second-order valence-corrected chi connectivity index (χ2v) is 6.61. The van der Waals surface area contributed by atoms with Crippen molar-refractivity contribution in [3.8, 4) is 0 Å². The van der Waals surface area contributed by atoms with E-state index in [1.807, 2.05) is 19.1 Å². The Balaban J connectivity index is 1.65. The zero-order valence-corrected chi connectivity index (χ0v) is 14.3. The highest BCUT2D eigenvalue weighted by atomic mass is 16.3. The number of amides is 1. The Labute approximate surface area is 146 Å². The van der Waals surface area contributed by atoms with E-state index in [-0.39, 0.29) is 12.5 Å². The van der Waals surface area contributed by atoms with E-state index < -0.39 is 5.60 Å². The van der Waals surface area contributed by atoms with Crippen LogP contribution in [0.5, 0.6) is 0 Å². The number of benzene rings is 1. The summed E-state index contributed by atoms with van der Waals surface area (Å²) >= 11 is 0. The van der Waals surface area contributed by atoms with E-state index in [9.17, 15) is 15.0 Å². The summed E-state index contributed by atoms with van der Waals surface area (Å²) in [7, 11) is 0. The van der Waals surface area contributed by atoms with Crippen molar-refractivity contribution in [2.75, 3.05) is 19.7 Å². The smallest absolute Gasteiger partial charge is 0.253 e. The highest BCUT2D eigenvalue weighted by Crippen LogP contribution is 2.23. The summed E-state index contributed by atoms with van der Waals surface area (Å²) in [6.45, 7) is 3.17. The van der Waals surface area contributed by atoms with Crippen molar-refractivity contribution in [1.29, 1.82) is 0 Å². The highest BCUT2D eigenvalue weighted by Gasteiger charge is 2.31. The lowest BCUT2D eigenvalue weighted by atomic mass is 9.96. The first-order chi connectivity index (χ1) is 12.0. The summed E-state index contributed by atoms with van der Waals surface area (Å²) in [6.07, 6.45) is 1.59. The predicted molar refractivity (Wildman–Crippen MR) is 89.9 cm³/mol. The second kappa shape index (κ2) is 7.28. The van der Waals surface area contributed by atoms with Gasteiger partial charge < -0.3 is 15.1 Å². The fourth-order valence-electron chi connectivity index (χ4n) is 3.04. The zero-order chi connectivity index (χ0) is 17.9. The van der Waals surface area contributed by atoms with E-state index in [1.165, 1.54) is 0 Å². The number of aromatic nitrogens is 4. The van der Waals surface area contributed by atoms with Gasteiger partial charge in [-0.2, -0.15) is 0 Å². The number of carbonyl (C=O) groups is 1. The first-order valence-corrected chi connectivity index (χ1v) is 8.45. The van der Waals surface area contributed by atoms with Gasteiger partial charge in [-0.1, -0.05) is 12.1 Å². The third kappa shape index (κ3) is 4.02. The van der Waals surface area contributed by atoms with Crippen LogP contribution in [0.15, 0.2) is 24.3 Å². The van der Waals surface area contributed by atoms with Crippen LogP contribution in [0.1, 0.15) is 41.0 Å². The average molecular weight is 345 g/mol. The SMILES string of the molecule is Cc1nnnn1Cc1ccc(C(=O)N2CCCC(O)(CO)CC2)cc1. The molecule has 2 aromatic rings. The van der Waals surface area contributed by atoms with Gasteiger partial charge in [-0.25, -0.2) is 4.68 Å². The van der Waals surface area contributed by atoms with Gasteiger partial charge in [0.2, 0.25) is 0 Å². The van der Waals surface area contributed by atoms with Gasteiger partial charge in [-0.3, -0.25) is 4.79 Å². The van der Waals surface area contributed by atoms with Crippen LogP contribution in [0.2, 0.25) is 0 Å². The molecule has 1 fully saturated rings. The molecule has 1 unspecified atom stereocenters. The number of hydrogen-bond acceptors (Lipinski definition) is 6. The maximum Gasteiger partial charge on any atom is 0.253 e. The van der Waals surface area contributed by atoms with Gasteiger partial charge in [0.25, 0.3) is 5.91 Å². The Morgan fingerprint density at radius 2 is 2.00 bits per heavy atom. The normalized spacial score (nSPS) is 21.2. The number of tetrazole rings is 1. The summed E-state index contributed by atoms with van der Waals surface area (Å²) in [5.74, 6) is 0.688. The van der Waals surface area contributed by atoms with E-state index in [4.69, 9.17) is 0 Å². The number of aryl methyl sites for hydroxylation is 1. The Bertz CT molecular complexity index is 730. The van der Waals surface area contributed by atoms with Gasteiger partial charge in [-0.15, -0.1) is 5.10 Å². The van der Waals surface area contributed by atoms with Crippen LogP contribution in [-0.4, -0.2) is 66.5 Å². The molecular formula is C17H23N5O3. The lowest BCUT2D eigenvalue weighted by Crippen LogP contribution is -2.36. The number of aliphatic hydroxyl groups is 2. The standard InChI is InChI=1S/C17H23N5O3/c1-13-18-19-20-22(13)11-14-3-5-15(6-4-14)16(24)21-9-2-7-17(25,12-23)8-10-21/h3-6,23,25H,2,7-12H2,1H3. The first kappa shape index (κ1) is 17.5. The third-order valence-electron chi connectivity index (χ3n) is 4.74. The molecule has 8 heteroatoms. The number of nitrogens with zero attached hydrogens (tertiary/aromatic N) is 5. The fraction of sp³-hybridized carbons (Fsp3) is 0.529. The molecule has 0 saturated carbocycles. The Hall–Kier alpha value is -2.32. The van der Waals surface area contributed by atoms with E-state index in [0.29, 0.717) is 44.5 Å². The molecule has 2 N–H and O–H groups in total. The van der Waals surface area contributed by atoms with Crippen molar-refractivity contribution < 1.29 is 15.0 Å². The van der Waals surface area contributed by atoms with Crippen LogP contribution in [-0.2, 0) is 6.54 Å². The molecular weight excluding hydrogens is 322 g/mol. The van der Waals surface area contributed by atoms with Crippen LogP contribution >= 0.6 is 0 Å². The van der Waals surface area contributed by atoms with Crippen LogP contribution in [0.4, 0.5) is 0 Å². The summed E-state index contributed by atoms with van der Waals surface area (Å²) in [5.41, 5.74) is 0.562. The lowest BCUT2D eigenvalue weighted by molar-refractivity contribution is -0.0250. The Kier molecular flexibility index (Phi) is 5.10. The highest BCUT2D eigenvalue weighted by molar-refractivity contribution is 5.94. The number of aliphatic hydroxyl groups excluding tert-OH is 1. The van der Waals surface area contributed by atoms with E-state index in [2.05, 4.69) is 15.5 Å². The van der Waals surface area contributed by atoms with Crippen LogP contribution in [0, 0.1) is 6.92 Å². The number of hydrogen-bond donors (Lipinski definition) is 2. The maximum absolute atomic E-state index is 12.7. The number of likely N-dealkylation sites (tertiary alicyclic amines) is 1. The molecule has 3 rings (SSSR count). The van der Waals surface area contributed by atoms with E-state index in [0.717, 1.165) is 11.4 Å². The minimum Gasteiger partial charge on any atom is -0.393 e. The Morgan fingerprint density at radius 1 is 1.24 bits per heavy atom. The molecule has 8 nitrogen and oxygen atoms in total. The Morgan fingerprint density at radius 3 is 2.64 bits per heavy atom. The van der Waals surface area contributed by atoms with Crippen LogP contribution in [0.25, 0.3) is 0 Å². The van der Waals surface area contributed by atoms with Gasteiger partial charge in [0.1, 0.15) is 5.82 Å². The molecule has 2 heterocycles. The summed E-state index contributed by atoms with van der Waals surface area (Å²) < 4.78 is 1.70. The summed E-state index contributed by atoms with van der Waals surface area (Å²) in [6, 6.07) is 7.41. The predicted octanol–water partition coefficient (Wildman–Crippen LogP) is 0.379. The lowest BCUT2D eigenvalue weighted by Gasteiger charge is -2.24. The first-order valence-electron chi connectivity index (χ1n) is 8.45. The van der Waals surface area contributed by atoms with Gasteiger partial charge in [0.05, 0.1) is 18.8 Å². The largest absolute Gasteiger partial charge is 0.393 e.